The Hall–Kier alpha value is -5.70. The molecule has 1 saturated heterocycles. The number of carbonyl (C=O) groups excluding carboxylic acids is 5. The molecule has 0 spiro atoms. The molecule has 2 aromatic carbocycles. The molecule has 0 aliphatic carbocycles. The number of benzene rings is 2. The van der Waals surface area contributed by atoms with Gasteiger partial charge in [0.2, 0.25) is 23.6 Å². The first kappa shape index (κ1) is 39.1. The van der Waals surface area contributed by atoms with Gasteiger partial charge in [0, 0.05) is 51.8 Å². The van der Waals surface area contributed by atoms with Crippen LogP contribution in [0.15, 0.2) is 51.2 Å². The number of carbonyl (C=O) groups is 5. The quantitative estimate of drug-likeness (QED) is 0.114. The Bertz CT molecular complexity index is 1950. The van der Waals surface area contributed by atoms with E-state index in [-0.39, 0.29) is 40.2 Å². The summed E-state index contributed by atoms with van der Waals surface area (Å²) in [5.41, 5.74) is 0.536. The molecule has 3 aromatic rings. The van der Waals surface area contributed by atoms with Crippen molar-refractivity contribution in [3.8, 4) is 34.3 Å². The molecular formula is C37H40O15. The smallest absolute Gasteiger partial charge is 0.308 e. The number of hydrogen-bond acceptors (Lipinski definition) is 15. The van der Waals surface area contributed by atoms with Crippen LogP contribution in [0.25, 0.3) is 22.3 Å². The third-order valence-electron chi connectivity index (χ3n) is 7.59. The lowest BCUT2D eigenvalue weighted by atomic mass is 9.98. The molecular weight excluding hydrogens is 684 g/mol. The summed E-state index contributed by atoms with van der Waals surface area (Å²) in [7, 11) is 1.47. The fourth-order valence-electron chi connectivity index (χ4n) is 5.55. The first-order valence-electron chi connectivity index (χ1n) is 16.2. The predicted octanol–water partition coefficient (Wildman–Crippen LogP) is 4.75. The van der Waals surface area contributed by atoms with Gasteiger partial charge in [-0.3, -0.25) is 28.8 Å². The molecule has 52 heavy (non-hydrogen) atoms. The Morgan fingerprint density at radius 3 is 1.85 bits per heavy atom. The summed E-state index contributed by atoms with van der Waals surface area (Å²) in [6.07, 6.45) is -4.99. The molecule has 1 aliphatic rings. The largest absolute Gasteiger partial charge is 0.497 e. The number of ether oxygens (including phenoxy) is 8. The van der Waals surface area contributed by atoms with E-state index in [2.05, 4.69) is 0 Å². The van der Waals surface area contributed by atoms with Crippen LogP contribution in [-0.2, 0) is 49.3 Å². The van der Waals surface area contributed by atoms with Crippen LogP contribution in [0, 0.1) is 0 Å². The van der Waals surface area contributed by atoms with Gasteiger partial charge in [0.15, 0.2) is 18.0 Å². The molecule has 0 amide bonds. The van der Waals surface area contributed by atoms with E-state index in [0.717, 1.165) is 33.3 Å². The van der Waals surface area contributed by atoms with E-state index in [9.17, 15) is 28.8 Å². The van der Waals surface area contributed by atoms with Crippen LogP contribution in [0.1, 0.15) is 61.0 Å². The number of esters is 5. The third kappa shape index (κ3) is 9.15. The Morgan fingerprint density at radius 2 is 1.31 bits per heavy atom. The van der Waals surface area contributed by atoms with Gasteiger partial charge in [0.25, 0.3) is 0 Å². The maximum absolute atomic E-state index is 14.8. The first-order chi connectivity index (χ1) is 24.5. The first-order valence-corrected chi connectivity index (χ1v) is 16.2. The van der Waals surface area contributed by atoms with Crippen molar-refractivity contribution in [1.82, 2.24) is 0 Å². The zero-order chi connectivity index (χ0) is 38.4. The van der Waals surface area contributed by atoms with Gasteiger partial charge < -0.3 is 42.3 Å². The van der Waals surface area contributed by atoms with Crippen LogP contribution in [0.4, 0.5) is 0 Å². The highest BCUT2D eigenvalue weighted by molar-refractivity contribution is 5.94. The highest BCUT2D eigenvalue weighted by Gasteiger charge is 2.52. The van der Waals surface area contributed by atoms with Crippen molar-refractivity contribution in [2.24, 2.45) is 0 Å². The highest BCUT2D eigenvalue weighted by atomic mass is 16.7. The second-order valence-corrected chi connectivity index (χ2v) is 12.1. The minimum absolute atomic E-state index is 0.0219. The number of rotatable bonds is 11. The summed E-state index contributed by atoms with van der Waals surface area (Å²) >= 11 is 0. The van der Waals surface area contributed by atoms with Crippen LogP contribution in [-0.4, -0.2) is 67.7 Å². The fraction of sp³-hybridized carbons (Fsp3) is 0.405. The average Bonchev–Trinajstić information content (AvgIpc) is 3.04. The van der Waals surface area contributed by atoms with E-state index < -0.39 is 71.7 Å². The van der Waals surface area contributed by atoms with Gasteiger partial charge in [-0.1, -0.05) is 11.6 Å². The molecule has 1 aromatic heterocycles. The monoisotopic (exact) mass is 724 g/mol. The van der Waals surface area contributed by atoms with Gasteiger partial charge in [0.05, 0.1) is 13.2 Å². The van der Waals surface area contributed by atoms with E-state index in [1.165, 1.54) is 27.0 Å². The molecule has 0 saturated carbocycles. The van der Waals surface area contributed by atoms with Crippen molar-refractivity contribution in [3.05, 3.63) is 57.8 Å². The van der Waals surface area contributed by atoms with Crippen molar-refractivity contribution >= 4 is 40.8 Å². The molecule has 4 rings (SSSR count). The van der Waals surface area contributed by atoms with E-state index in [1.54, 1.807) is 24.3 Å². The Balaban J connectivity index is 2.08. The summed E-state index contributed by atoms with van der Waals surface area (Å²) in [6.45, 7) is 10.9. The molecule has 0 radical (unpaired) electrons. The molecule has 0 bridgehead atoms. The maximum Gasteiger partial charge on any atom is 0.308 e. The van der Waals surface area contributed by atoms with Crippen LogP contribution < -0.4 is 24.4 Å². The van der Waals surface area contributed by atoms with Crippen molar-refractivity contribution in [1.29, 1.82) is 0 Å². The minimum atomic E-state index is -1.66. The van der Waals surface area contributed by atoms with E-state index in [4.69, 9.17) is 42.3 Å². The standard InChI is InChI=1S/C37H40O15/c1-17(2)10-15-26-27(46-19(4)38)16-28(47-20(5)39)29-30(43)34(32(51-33(26)29)24-11-13-25(44-9)14-12-24)52-37-36(50-23(8)42)35(49-22(7)41)31(18(3)45-37)48-21(6)40/h10-14,16,18,31,35-37H,15H2,1-9H3/t18-,31-,35+,36+,37-/m0/s1. The second-order valence-electron chi connectivity index (χ2n) is 12.1. The van der Waals surface area contributed by atoms with E-state index >= 15 is 0 Å². The van der Waals surface area contributed by atoms with Gasteiger partial charge in [-0.05, 0) is 51.5 Å². The zero-order valence-corrected chi connectivity index (χ0v) is 30.2. The average molecular weight is 725 g/mol. The Morgan fingerprint density at radius 1 is 0.750 bits per heavy atom. The molecule has 1 fully saturated rings. The lowest BCUT2D eigenvalue weighted by Crippen LogP contribution is -2.62. The minimum Gasteiger partial charge on any atom is -0.497 e. The highest BCUT2D eigenvalue weighted by Crippen LogP contribution is 2.42. The number of allylic oxidation sites excluding steroid dienone is 2. The van der Waals surface area contributed by atoms with Gasteiger partial charge >= 0.3 is 29.8 Å². The lowest BCUT2D eigenvalue weighted by Gasteiger charge is -2.43. The lowest BCUT2D eigenvalue weighted by molar-refractivity contribution is -0.280. The van der Waals surface area contributed by atoms with Crippen LogP contribution in [0.2, 0.25) is 0 Å². The molecule has 15 heteroatoms. The third-order valence-corrected chi connectivity index (χ3v) is 7.59. The predicted molar refractivity (Wildman–Crippen MR) is 182 cm³/mol. The number of hydrogen-bond donors (Lipinski definition) is 0. The van der Waals surface area contributed by atoms with Gasteiger partial charge in [-0.15, -0.1) is 0 Å². The summed E-state index contributed by atoms with van der Waals surface area (Å²) in [5.74, 6) is -4.33. The molecule has 278 valence electrons. The van der Waals surface area contributed by atoms with Crippen LogP contribution >= 0.6 is 0 Å². The van der Waals surface area contributed by atoms with Crippen molar-refractivity contribution < 1.29 is 66.3 Å². The summed E-state index contributed by atoms with van der Waals surface area (Å²) in [6, 6.07) is 7.61. The molecule has 2 heterocycles. The summed E-state index contributed by atoms with van der Waals surface area (Å²) < 4.78 is 51.5. The SMILES string of the molecule is COc1ccc(-c2oc3c(CC=C(C)C)c(OC(C)=O)cc(OC(C)=O)c3c(=O)c2O[C@@H]2O[C@@H](C)[C@H](OC(C)=O)[C@@H](OC(C)=O)[C@H]2OC(C)=O)cc1. The normalized spacial score (nSPS) is 19.5. The molecule has 1 aliphatic heterocycles. The summed E-state index contributed by atoms with van der Waals surface area (Å²) in [4.78, 5) is 75.9. The molecule has 5 atom stereocenters. The Kier molecular flexibility index (Phi) is 12.4. The van der Waals surface area contributed by atoms with Crippen LogP contribution in [0.5, 0.6) is 23.0 Å². The Labute approximate surface area is 298 Å². The second kappa shape index (κ2) is 16.5. The van der Waals surface area contributed by atoms with Gasteiger partial charge in [-0.2, -0.15) is 0 Å². The molecule has 0 N–H and O–H groups in total. The maximum atomic E-state index is 14.8. The molecule has 0 unspecified atom stereocenters. The number of methoxy groups -OCH3 is 1. The fourth-order valence-corrected chi connectivity index (χ4v) is 5.55. The van der Waals surface area contributed by atoms with Crippen molar-refractivity contribution in [2.75, 3.05) is 7.11 Å². The molecule has 15 nitrogen and oxygen atoms in total. The van der Waals surface area contributed by atoms with Crippen molar-refractivity contribution in [2.45, 2.75) is 92.5 Å². The van der Waals surface area contributed by atoms with Crippen molar-refractivity contribution in [3.63, 3.8) is 0 Å². The van der Waals surface area contributed by atoms with Gasteiger partial charge in [0.1, 0.15) is 28.2 Å². The number of fused-ring (bicyclic) bond motifs is 1. The van der Waals surface area contributed by atoms with Crippen LogP contribution in [0.3, 0.4) is 0 Å². The zero-order valence-electron chi connectivity index (χ0n) is 30.2. The van der Waals surface area contributed by atoms with Gasteiger partial charge in [-0.25, -0.2) is 0 Å². The topological polar surface area (TPSA) is 189 Å². The van der Waals surface area contributed by atoms with E-state index in [0.29, 0.717) is 11.3 Å². The van der Waals surface area contributed by atoms with E-state index in [1.807, 2.05) is 19.9 Å². The summed E-state index contributed by atoms with van der Waals surface area (Å²) in [5, 5.41) is -0.252.